The average molecular weight is 353 g/mol. The number of hydrogen-bond donors (Lipinski definition) is 1. The minimum Gasteiger partial charge on any atom is -0.486 e. The van der Waals surface area contributed by atoms with Crippen LogP contribution >= 0.6 is 0 Å². The lowest BCUT2D eigenvalue weighted by Gasteiger charge is -2.27. The van der Waals surface area contributed by atoms with Gasteiger partial charge in [-0.3, -0.25) is 4.79 Å². The molecule has 0 aliphatic carbocycles. The number of likely N-dealkylation sites (tertiary alicyclic amines) is 1. The second-order valence-corrected chi connectivity index (χ2v) is 6.44. The normalized spacial score (nSPS) is 18.6. The van der Waals surface area contributed by atoms with Crippen molar-refractivity contribution in [3.05, 3.63) is 59.2 Å². The van der Waals surface area contributed by atoms with Gasteiger partial charge in [-0.15, -0.1) is 0 Å². The first-order valence-electron chi connectivity index (χ1n) is 8.67. The van der Waals surface area contributed by atoms with Gasteiger partial charge in [0.2, 0.25) is 0 Å². The number of amides is 1. The minimum absolute atomic E-state index is 0.0162. The Morgan fingerprint density at radius 3 is 2.38 bits per heavy atom. The van der Waals surface area contributed by atoms with E-state index in [2.05, 4.69) is 0 Å². The maximum absolute atomic E-state index is 12.9. The number of carbonyl (C=O) groups excluding carboxylic acids is 1. The molecule has 0 aromatic heterocycles. The van der Waals surface area contributed by atoms with Gasteiger partial charge >= 0.3 is 5.97 Å². The third-order valence-electron chi connectivity index (χ3n) is 4.84. The summed E-state index contributed by atoms with van der Waals surface area (Å²) in [6.45, 7) is 1.75. The second kappa shape index (κ2) is 6.71. The molecule has 6 heteroatoms. The summed E-state index contributed by atoms with van der Waals surface area (Å²) in [5.41, 5.74) is 1.70. The first-order valence-corrected chi connectivity index (χ1v) is 8.67. The molecule has 0 saturated carbocycles. The van der Waals surface area contributed by atoms with Crippen LogP contribution in [-0.4, -0.2) is 41.6 Å². The fraction of sp³-hybridized carbons (Fsp3) is 0.300. The van der Waals surface area contributed by atoms with Crippen LogP contribution in [0, 0.1) is 0 Å². The molecule has 0 radical (unpaired) electrons. The number of aromatic carboxylic acids is 1. The summed E-state index contributed by atoms with van der Waals surface area (Å²) < 4.78 is 11.2. The van der Waals surface area contributed by atoms with Crippen molar-refractivity contribution >= 4 is 11.9 Å². The number of fused-ring (bicyclic) bond motifs is 1. The zero-order valence-electron chi connectivity index (χ0n) is 14.2. The molecule has 1 saturated heterocycles. The Morgan fingerprint density at radius 1 is 0.962 bits per heavy atom. The lowest BCUT2D eigenvalue weighted by molar-refractivity contribution is 0.0692. The van der Waals surface area contributed by atoms with E-state index in [4.69, 9.17) is 14.6 Å². The van der Waals surface area contributed by atoms with Crippen LogP contribution in [0.1, 0.15) is 45.2 Å². The van der Waals surface area contributed by atoms with E-state index < -0.39 is 5.97 Å². The highest BCUT2D eigenvalue weighted by atomic mass is 16.6. The molecular formula is C20H19NO5. The number of carbonyl (C=O) groups is 2. The molecule has 26 heavy (non-hydrogen) atoms. The summed E-state index contributed by atoms with van der Waals surface area (Å²) in [6, 6.07) is 11.9. The molecule has 2 aromatic rings. The number of benzene rings is 2. The zero-order valence-corrected chi connectivity index (χ0v) is 14.2. The molecule has 2 heterocycles. The minimum atomic E-state index is -1.00. The lowest BCUT2D eigenvalue weighted by Crippen LogP contribution is -2.30. The van der Waals surface area contributed by atoms with Crippen molar-refractivity contribution in [1.29, 1.82) is 0 Å². The van der Waals surface area contributed by atoms with E-state index in [1.165, 1.54) is 12.1 Å². The molecule has 2 aliphatic heterocycles. The number of hydrogen-bond acceptors (Lipinski definition) is 4. The SMILES string of the molecule is O=C(O)c1ccc(C(=O)N2CCCC2c2ccc3c(c2)OCCO3)cc1. The molecule has 1 atom stereocenters. The van der Waals surface area contributed by atoms with E-state index in [1.807, 2.05) is 23.1 Å². The van der Waals surface area contributed by atoms with Gasteiger partial charge in [0.25, 0.3) is 5.91 Å². The largest absolute Gasteiger partial charge is 0.486 e. The van der Waals surface area contributed by atoms with Gasteiger partial charge in [-0.2, -0.15) is 0 Å². The summed E-state index contributed by atoms with van der Waals surface area (Å²) in [5.74, 6) is 0.373. The van der Waals surface area contributed by atoms with Gasteiger partial charge in [-0.25, -0.2) is 4.79 Å². The van der Waals surface area contributed by atoms with E-state index in [-0.39, 0.29) is 17.5 Å². The van der Waals surface area contributed by atoms with E-state index in [0.717, 1.165) is 29.9 Å². The maximum atomic E-state index is 12.9. The van der Waals surface area contributed by atoms with Crippen molar-refractivity contribution in [3.63, 3.8) is 0 Å². The monoisotopic (exact) mass is 353 g/mol. The molecular weight excluding hydrogens is 334 g/mol. The summed E-state index contributed by atoms with van der Waals surface area (Å²) in [6.07, 6.45) is 1.82. The number of carboxylic acids is 1. The second-order valence-electron chi connectivity index (χ2n) is 6.44. The van der Waals surface area contributed by atoms with Crippen LogP contribution in [0.15, 0.2) is 42.5 Å². The molecule has 2 aliphatic rings. The van der Waals surface area contributed by atoms with Crippen LogP contribution in [-0.2, 0) is 0 Å². The van der Waals surface area contributed by atoms with Gasteiger partial charge in [0.15, 0.2) is 11.5 Å². The molecule has 4 rings (SSSR count). The maximum Gasteiger partial charge on any atom is 0.335 e. The third kappa shape index (κ3) is 2.98. The van der Waals surface area contributed by atoms with Crippen molar-refractivity contribution in [1.82, 2.24) is 4.90 Å². The van der Waals surface area contributed by atoms with E-state index >= 15 is 0 Å². The average Bonchev–Trinajstić information content (AvgIpc) is 3.17. The van der Waals surface area contributed by atoms with E-state index in [9.17, 15) is 9.59 Å². The summed E-state index contributed by atoms with van der Waals surface area (Å²) in [5, 5.41) is 9.00. The van der Waals surface area contributed by atoms with Crippen LogP contribution in [0.25, 0.3) is 0 Å². The Morgan fingerprint density at radius 2 is 1.65 bits per heavy atom. The van der Waals surface area contributed by atoms with Crippen molar-refractivity contribution in [2.75, 3.05) is 19.8 Å². The van der Waals surface area contributed by atoms with Crippen molar-refractivity contribution in [2.45, 2.75) is 18.9 Å². The molecule has 1 fully saturated rings. The predicted octanol–water partition coefficient (Wildman–Crippen LogP) is 3.13. The van der Waals surface area contributed by atoms with Crippen molar-refractivity contribution in [3.8, 4) is 11.5 Å². The third-order valence-corrected chi connectivity index (χ3v) is 4.84. The van der Waals surface area contributed by atoms with Crippen LogP contribution in [0.2, 0.25) is 0 Å². The van der Waals surface area contributed by atoms with Gasteiger partial charge in [0.05, 0.1) is 11.6 Å². The summed E-state index contributed by atoms with van der Waals surface area (Å²) >= 11 is 0. The predicted molar refractivity (Wildman–Crippen MR) is 93.8 cm³/mol. The number of carboxylic acid groups (broad SMARTS) is 1. The number of nitrogens with zero attached hydrogens (tertiary/aromatic N) is 1. The molecule has 134 valence electrons. The fourth-order valence-electron chi connectivity index (χ4n) is 3.54. The molecule has 2 aromatic carbocycles. The van der Waals surface area contributed by atoms with E-state index in [0.29, 0.717) is 25.3 Å². The number of rotatable bonds is 3. The fourth-order valence-corrected chi connectivity index (χ4v) is 3.54. The standard InChI is InChI=1S/C20H19NO5/c22-19(13-3-5-14(6-4-13)20(23)24)21-9-1-2-16(21)15-7-8-17-18(12-15)26-11-10-25-17/h3-8,12,16H,1-2,9-11H2,(H,23,24). The molecule has 1 unspecified atom stereocenters. The van der Waals surface area contributed by atoms with Crippen LogP contribution in [0.4, 0.5) is 0 Å². The Labute approximate surface area is 151 Å². The highest BCUT2D eigenvalue weighted by Crippen LogP contribution is 2.38. The van der Waals surface area contributed by atoms with Gasteiger partial charge < -0.3 is 19.5 Å². The Balaban J connectivity index is 1.58. The van der Waals surface area contributed by atoms with Gasteiger partial charge in [0, 0.05) is 12.1 Å². The molecule has 6 nitrogen and oxygen atoms in total. The van der Waals surface area contributed by atoms with Crippen LogP contribution in [0.3, 0.4) is 0 Å². The summed E-state index contributed by atoms with van der Waals surface area (Å²) in [4.78, 5) is 25.7. The topological polar surface area (TPSA) is 76.1 Å². The Bertz CT molecular complexity index is 846. The van der Waals surface area contributed by atoms with Crippen LogP contribution in [0.5, 0.6) is 11.5 Å². The Kier molecular flexibility index (Phi) is 4.24. The molecule has 1 N–H and O–H groups in total. The highest BCUT2D eigenvalue weighted by Gasteiger charge is 2.31. The lowest BCUT2D eigenvalue weighted by atomic mass is 10.0. The van der Waals surface area contributed by atoms with Crippen molar-refractivity contribution < 1.29 is 24.2 Å². The van der Waals surface area contributed by atoms with Crippen molar-refractivity contribution in [2.24, 2.45) is 0 Å². The zero-order chi connectivity index (χ0) is 18.1. The first-order chi connectivity index (χ1) is 12.6. The number of ether oxygens (including phenoxy) is 2. The van der Waals surface area contributed by atoms with Gasteiger partial charge in [-0.05, 0) is 54.8 Å². The molecule has 0 bridgehead atoms. The quantitative estimate of drug-likeness (QED) is 0.917. The van der Waals surface area contributed by atoms with Gasteiger partial charge in [0.1, 0.15) is 13.2 Å². The Hall–Kier alpha value is -3.02. The van der Waals surface area contributed by atoms with Crippen LogP contribution < -0.4 is 9.47 Å². The molecule has 1 amide bonds. The smallest absolute Gasteiger partial charge is 0.335 e. The highest BCUT2D eigenvalue weighted by molar-refractivity contribution is 5.96. The molecule has 0 spiro atoms. The van der Waals surface area contributed by atoms with E-state index in [1.54, 1.807) is 12.1 Å². The first kappa shape index (κ1) is 16.4. The van der Waals surface area contributed by atoms with Gasteiger partial charge in [-0.1, -0.05) is 6.07 Å². The summed E-state index contributed by atoms with van der Waals surface area (Å²) in [7, 11) is 0.